The van der Waals surface area contributed by atoms with Gasteiger partial charge in [-0.05, 0) is 44.4 Å². The van der Waals surface area contributed by atoms with E-state index in [0.717, 1.165) is 22.0 Å². The molecule has 10 nitrogen and oxygen atoms in total. The standard InChI is InChI=1S/C29H33N5O5/c1-29(2,3)39-27(37)32-22(13-19-15-30-21-12-8-7-11-20(19)21)24-16-31-26(36)23-14-25(35)33(28(38)34(23)24)17-18-9-5-4-6-10-18/h4-12,15,22-24,30H,13-14,16-17H2,1-3H3,(H,31,36)(H,32,37)/t22-,23+,24-/m1/s1. The van der Waals surface area contributed by atoms with E-state index in [2.05, 4.69) is 15.6 Å². The maximum Gasteiger partial charge on any atom is 0.407 e. The summed E-state index contributed by atoms with van der Waals surface area (Å²) in [5.41, 5.74) is 1.98. The molecule has 2 aliphatic heterocycles. The Kier molecular flexibility index (Phi) is 7.03. The molecule has 5 amide bonds. The number of ether oxygens (including phenoxy) is 1. The minimum atomic E-state index is -0.957. The SMILES string of the molecule is CC(C)(C)OC(=O)N[C@H](Cc1c[nH]c2ccccc12)[C@H]1CNC(=O)[C@@H]2CC(=O)N(Cc3ccccc3)C(=O)N12. The molecule has 2 fully saturated rings. The maximum absolute atomic E-state index is 13.9. The third-order valence-electron chi connectivity index (χ3n) is 7.07. The topological polar surface area (TPSA) is 124 Å². The number of carbonyl (C=O) groups is 4. The molecule has 0 saturated carbocycles. The van der Waals surface area contributed by atoms with Crippen molar-refractivity contribution in [2.75, 3.05) is 6.54 Å². The van der Waals surface area contributed by atoms with Crippen LogP contribution in [0.3, 0.4) is 0 Å². The Labute approximate surface area is 226 Å². The van der Waals surface area contributed by atoms with E-state index in [1.165, 1.54) is 9.80 Å². The Morgan fingerprint density at radius 2 is 1.79 bits per heavy atom. The summed E-state index contributed by atoms with van der Waals surface area (Å²) >= 11 is 0. The number of nitrogens with zero attached hydrogens (tertiary/aromatic N) is 2. The van der Waals surface area contributed by atoms with Crippen LogP contribution in [-0.2, 0) is 27.3 Å². The van der Waals surface area contributed by atoms with Crippen LogP contribution < -0.4 is 10.6 Å². The monoisotopic (exact) mass is 531 g/mol. The quantitative estimate of drug-likeness (QED) is 0.450. The molecular weight excluding hydrogens is 498 g/mol. The summed E-state index contributed by atoms with van der Waals surface area (Å²) in [6, 6.07) is 14.3. The molecule has 0 aliphatic carbocycles. The highest BCUT2D eigenvalue weighted by atomic mass is 16.6. The third-order valence-corrected chi connectivity index (χ3v) is 7.07. The number of aromatic nitrogens is 1. The van der Waals surface area contributed by atoms with Crippen LogP contribution in [0, 0.1) is 0 Å². The number of aromatic amines is 1. The fourth-order valence-electron chi connectivity index (χ4n) is 5.30. The fraction of sp³-hybridized carbons (Fsp3) is 0.379. The summed E-state index contributed by atoms with van der Waals surface area (Å²) in [6.45, 7) is 5.55. The molecule has 204 valence electrons. The molecule has 1 aromatic heterocycles. The normalized spacial score (nSPS) is 20.4. The number of fused-ring (bicyclic) bond motifs is 2. The van der Waals surface area contributed by atoms with Gasteiger partial charge in [0.25, 0.3) is 0 Å². The van der Waals surface area contributed by atoms with Gasteiger partial charge < -0.3 is 25.3 Å². The van der Waals surface area contributed by atoms with Gasteiger partial charge >= 0.3 is 12.1 Å². The van der Waals surface area contributed by atoms with Crippen molar-refractivity contribution in [3.8, 4) is 0 Å². The molecule has 0 radical (unpaired) electrons. The fourth-order valence-corrected chi connectivity index (χ4v) is 5.30. The predicted molar refractivity (Wildman–Crippen MR) is 145 cm³/mol. The van der Waals surface area contributed by atoms with Gasteiger partial charge in [-0.15, -0.1) is 0 Å². The van der Waals surface area contributed by atoms with Crippen molar-refractivity contribution >= 4 is 34.8 Å². The van der Waals surface area contributed by atoms with E-state index in [0.29, 0.717) is 6.42 Å². The minimum absolute atomic E-state index is 0.0999. The molecule has 39 heavy (non-hydrogen) atoms. The number of rotatable bonds is 6. The van der Waals surface area contributed by atoms with E-state index in [1.54, 1.807) is 20.8 Å². The lowest BCUT2D eigenvalue weighted by Crippen LogP contribution is -2.72. The third kappa shape index (κ3) is 5.59. The lowest BCUT2D eigenvalue weighted by atomic mass is 9.92. The zero-order valence-corrected chi connectivity index (χ0v) is 22.3. The van der Waals surface area contributed by atoms with Crippen LogP contribution in [-0.4, -0.2) is 69.0 Å². The summed E-state index contributed by atoms with van der Waals surface area (Å²) in [4.78, 5) is 58.6. The number of hydrogen-bond donors (Lipinski definition) is 3. The first-order chi connectivity index (χ1) is 18.6. The number of carbonyl (C=O) groups excluding carboxylic acids is 4. The molecule has 0 bridgehead atoms. The Morgan fingerprint density at radius 1 is 1.08 bits per heavy atom. The molecule has 3 N–H and O–H groups in total. The van der Waals surface area contributed by atoms with E-state index >= 15 is 0 Å². The van der Waals surface area contributed by atoms with E-state index in [-0.39, 0.29) is 25.4 Å². The van der Waals surface area contributed by atoms with Gasteiger partial charge in [-0.1, -0.05) is 48.5 Å². The van der Waals surface area contributed by atoms with Gasteiger partial charge in [0.15, 0.2) is 0 Å². The van der Waals surface area contributed by atoms with Crippen LogP contribution in [0.25, 0.3) is 10.9 Å². The zero-order valence-electron chi connectivity index (χ0n) is 22.3. The summed E-state index contributed by atoms with van der Waals surface area (Å²) in [5, 5.41) is 6.82. The van der Waals surface area contributed by atoms with Gasteiger partial charge in [0, 0.05) is 23.6 Å². The second kappa shape index (κ2) is 10.4. The van der Waals surface area contributed by atoms with Gasteiger partial charge in [-0.3, -0.25) is 14.5 Å². The highest BCUT2D eigenvalue weighted by Gasteiger charge is 2.50. The number of urea groups is 1. The Hall–Kier alpha value is -4.34. The van der Waals surface area contributed by atoms with Crippen LogP contribution in [0.5, 0.6) is 0 Å². The minimum Gasteiger partial charge on any atom is -0.444 e. The number of para-hydroxylation sites is 1. The van der Waals surface area contributed by atoms with E-state index in [9.17, 15) is 19.2 Å². The lowest BCUT2D eigenvalue weighted by molar-refractivity contribution is -0.143. The summed E-state index contributed by atoms with van der Waals surface area (Å²) in [5.74, 6) is -0.787. The molecule has 5 rings (SSSR count). The molecule has 3 aromatic rings. The van der Waals surface area contributed by atoms with Crippen molar-refractivity contribution in [3.63, 3.8) is 0 Å². The highest BCUT2D eigenvalue weighted by Crippen LogP contribution is 2.28. The van der Waals surface area contributed by atoms with Crippen LogP contribution in [0.1, 0.15) is 38.3 Å². The molecule has 0 unspecified atom stereocenters. The van der Waals surface area contributed by atoms with Crippen molar-refractivity contribution in [2.24, 2.45) is 0 Å². The van der Waals surface area contributed by atoms with Crippen molar-refractivity contribution < 1.29 is 23.9 Å². The summed E-state index contributed by atoms with van der Waals surface area (Å²) in [6.07, 6.45) is 1.50. The second-order valence-electron chi connectivity index (χ2n) is 11.0. The maximum atomic E-state index is 13.9. The Balaban J connectivity index is 1.48. The van der Waals surface area contributed by atoms with Crippen molar-refractivity contribution in [1.29, 1.82) is 0 Å². The average molecular weight is 532 g/mol. The zero-order chi connectivity index (χ0) is 27.7. The second-order valence-corrected chi connectivity index (χ2v) is 11.0. The first-order valence-corrected chi connectivity index (χ1v) is 13.1. The van der Waals surface area contributed by atoms with E-state index in [1.807, 2.05) is 60.8 Å². The lowest BCUT2D eigenvalue weighted by Gasteiger charge is -2.48. The van der Waals surface area contributed by atoms with Crippen molar-refractivity contribution in [3.05, 3.63) is 71.9 Å². The van der Waals surface area contributed by atoms with Crippen LogP contribution >= 0.6 is 0 Å². The van der Waals surface area contributed by atoms with Gasteiger partial charge in [0.1, 0.15) is 11.6 Å². The molecule has 2 aromatic carbocycles. The number of imide groups is 1. The molecule has 3 atom stereocenters. The largest absolute Gasteiger partial charge is 0.444 e. The van der Waals surface area contributed by atoms with Gasteiger partial charge in [-0.2, -0.15) is 0 Å². The molecular formula is C29H33N5O5. The summed E-state index contributed by atoms with van der Waals surface area (Å²) < 4.78 is 5.55. The number of hydrogen-bond acceptors (Lipinski definition) is 5. The number of H-pyrrole nitrogens is 1. The Morgan fingerprint density at radius 3 is 2.54 bits per heavy atom. The number of amides is 5. The molecule has 3 heterocycles. The van der Waals surface area contributed by atoms with Gasteiger partial charge in [0.05, 0.1) is 25.0 Å². The Bertz CT molecular complexity index is 1400. The molecule has 10 heteroatoms. The molecule has 2 saturated heterocycles. The predicted octanol–water partition coefficient (Wildman–Crippen LogP) is 3.33. The first-order valence-electron chi connectivity index (χ1n) is 13.1. The number of piperazine rings is 1. The first kappa shape index (κ1) is 26.3. The number of nitrogens with one attached hydrogen (secondary N) is 3. The van der Waals surface area contributed by atoms with Crippen molar-refractivity contribution in [1.82, 2.24) is 25.4 Å². The van der Waals surface area contributed by atoms with Gasteiger partial charge in [0.2, 0.25) is 11.8 Å². The number of benzene rings is 2. The average Bonchev–Trinajstić information content (AvgIpc) is 3.29. The summed E-state index contributed by atoms with van der Waals surface area (Å²) in [7, 11) is 0. The smallest absolute Gasteiger partial charge is 0.407 e. The van der Waals surface area contributed by atoms with E-state index < -0.39 is 41.8 Å². The van der Waals surface area contributed by atoms with Crippen molar-refractivity contribution in [2.45, 2.75) is 63.9 Å². The van der Waals surface area contributed by atoms with E-state index in [4.69, 9.17) is 4.74 Å². The number of alkyl carbamates (subject to hydrolysis) is 1. The highest BCUT2D eigenvalue weighted by molar-refractivity contribution is 6.03. The molecule has 2 aliphatic rings. The van der Waals surface area contributed by atoms with Gasteiger partial charge in [-0.25, -0.2) is 9.59 Å². The molecule has 0 spiro atoms. The van der Waals surface area contributed by atoms with Crippen LogP contribution in [0.2, 0.25) is 0 Å². The van der Waals surface area contributed by atoms with Crippen LogP contribution in [0.15, 0.2) is 60.8 Å². The van der Waals surface area contributed by atoms with Crippen LogP contribution in [0.4, 0.5) is 9.59 Å².